The van der Waals surface area contributed by atoms with Crippen molar-refractivity contribution in [3.63, 3.8) is 0 Å². The van der Waals surface area contributed by atoms with Gasteiger partial charge in [-0.3, -0.25) is 0 Å². The first kappa shape index (κ1) is 17.3. The monoisotopic (exact) mass is 323 g/mol. The molecule has 0 aliphatic carbocycles. The molecule has 0 bridgehead atoms. The maximum absolute atomic E-state index is 12.2. The summed E-state index contributed by atoms with van der Waals surface area (Å²) in [4.78, 5) is 30.2. The number of hydrogen-bond donors (Lipinski definition) is 0. The number of imidazole rings is 1. The summed E-state index contributed by atoms with van der Waals surface area (Å²) in [5.41, 5.74) is 0.394. The molecule has 1 aromatic rings. The summed E-state index contributed by atoms with van der Waals surface area (Å²) < 4.78 is 12.2. The Morgan fingerprint density at radius 1 is 1.04 bits per heavy atom. The zero-order valence-corrected chi connectivity index (χ0v) is 14.7. The van der Waals surface area contributed by atoms with E-state index in [9.17, 15) is 9.59 Å². The van der Waals surface area contributed by atoms with Crippen LogP contribution in [0.25, 0.3) is 0 Å². The van der Waals surface area contributed by atoms with Crippen molar-refractivity contribution < 1.29 is 19.1 Å². The van der Waals surface area contributed by atoms with E-state index in [-0.39, 0.29) is 6.09 Å². The highest BCUT2D eigenvalue weighted by Crippen LogP contribution is 2.21. The zero-order chi connectivity index (χ0) is 17.4. The minimum absolute atomic E-state index is 0.333. The average Bonchev–Trinajstić information content (AvgIpc) is 2.77. The van der Waals surface area contributed by atoms with Gasteiger partial charge in [0.15, 0.2) is 0 Å². The van der Waals surface area contributed by atoms with E-state index in [1.807, 2.05) is 41.5 Å². The highest BCUT2D eigenvalue weighted by molar-refractivity contribution is 5.73. The fourth-order valence-electron chi connectivity index (χ4n) is 2.26. The van der Waals surface area contributed by atoms with Gasteiger partial charge in [-0.05, 0) is 41.5 Å². The van der Waals surface area contributed by atoms with Gasteiger partial charge in [0, 0.05) is 13.0 Å². The van der Waals surface area contributed by atoms with Gasteiger partial charge in [-0.2, -0.15) is 0 Å². The zero-order valence-electron chi connectivity index (χ0n) is 14.7. The van der Waals surface area contributed by atoms with E-state index in [1.54, 1.807) is 4.90 Å². The van der Waals surface area contributed by atoms with Crippen molar-refractivity contribution in [2.24, 2.45) is 0 Å². The SMILES string of the molecule is CC(C)(C)OC(=O)N1CCc2c(ncn2C(=O)OC(C)(C)C)C1. The predicted octanol–water partition coefficient (Wildman–Crippen LogP) is 2.96. The fourth-order valence-corrected chi connectivity index (χ4v) is 2.26. The highest BCUT2D eigenvalue weighted by atomic mass is 16.6. The van der Waals surface area contributed by atoms with Gasteiger partial charge < -0.3 is 14.4 Å². The Labute approximate surface area is 136 Å². The van der Waals surface area contributed by atoms with Crippen LogP contribution in [0.1, 0.15) is 52.9 Å². The van der Waals surface area contributed by atoms with Crippen LogP contribution in [-0.2, 0) is 22.4 Å². The Hall–Kier alpha value is -2.05. The second-order valence-electron chi connectivity index (χ2n) is 7.64. The van der Waals surface area contributed by atoms with Crippen LogP contribution in [0, 0.1) is 0 Å². The third kappa shape index (κ3) is 4.46. The van der Waals surface area contributed by atoms with Gasteiger partial charge in [0.05, 0.1) is 17.9 Å². The molecule has 0 atom stereocenters. The molecular formula is C16H25N3O4. The van der Waals surface area contributed by atoms with Gasteiger partial charge in [0.25, 0.3) is 0 Å². The average molecular weight is 323 g/mol. The summed E-state index contributed by atoms with van der Waals surface area (Å²) in [6.07, 6.45) is 1.18. The molecule has 0 radical (unpaired) electrons. The van der Waals surface area contributed by atoms with Crippen LogP contribution in [0.2, 0.25) is 0 Å². The molecule has 128 valence electrons. The van der Waals surface area contributed by atoms with Crippen molar-refractivity contribution in [1.82, 2.24) is 14.5 Å². The number of nitrogens with zero attached hydrogens (tertiary/aromatic N) is 3. The number of amides is 1. The molecule has 0 fully saturated rings. The Balaban J connectivity index is 2.10. The van der Waals surface area contributed by atoms with Crippen molar-refractivity contribution in [1.29, 1.82) is 0 Å². The third-order valence-electron chi connectivity index (χ3n) is 3.15. The van der Waals surface area contributed by atoms with Crippen LogP contribution in [0.4, 0.5) is 9.59 Å². The Kier molecular flexibility index (Phi) is 4.41. The quantitative estimate of drug-likeness (QED) is 0.734. The van der Waals surface area contributed by atoms with Crippen molar-refractivity contribution in [2.45, 2.75) is 65.7 Å². The van der Waals surface area contributed by atoms with Gasteiger partial charge in [-0.15, -0.1) is 0 Å². The summed E-state index contributed by atoms with van der Waals surface area (Å²) in [6.45, 7) is 11.8. The van der Waals surface area contributed by atoms with E-state index in [2.05, 4.69) is 4.98 Å². The molecule has 1 amide bonds. The number of fused-ring (bicyclic) bond motifs is 1. The topological polar surface area (TPSA) is 73.7 Å². The highest BCUT2D eigenvalue weighted by Gasteiger charge is 2.30. The standard InChI is InChI=1S/C16H25N3O4/c1-15(2,3)22-13(20)18-8-7-12-11(9-18)17-10-19(12)14(21)23-16(4,5)6/h10H,7-9H2,1-6H3. The van der Waals surface area contributed by atoms with Gasteiger partial charge in [-0.1, -0.05) is 0 Å². The molecule has 0 N–H and O–H groups in total. The number of ether oxygens (including phenoxy) is 2. The van der Waals surface area contributed by atoms with Gasteiger partial charge in [0.1, 0.15) is 17.5 Å². The largest absolute Gasteiger partial charge is 0.444 e. The first-order valence-electron chi connectivity index (χ1n) is 7.73. The summed E-state index contributed by atoms with van der Waals surface area (Å²) >= 11 is 0. The molecule has 0 aromatic carbocycles. The molecule has 0 spiro atoms. The molecule has 23 heavy (non-hydrogen) atoms. The third-order valence-corrected chi connectivity index (χ3v) is 3.15. The second-order valence-corrected chi connectivity index (χ2v) is 7.64. The van der Waals surface area contributed by atoms with Crippen molar-refractivity contribution >= 4 is 12.2 Å². The van der Waals surface area contributed by atoms with Crippen LogP contribution < -0.4 is 0 Å². The molecular weight excluding hydrogens is 298 g/mol. The van der Waals surface area contributed by atoms with Crippen LogP contribution in [-0.4, -0.2) is 44.4 Å². The Bertz CT molecular complexity index is 608. The fraction of sp³-hybridized carbons (Fsp3) is 0.688. The molecule has 0 unspecified atom stereocenters. The van der Waals surface area contributed by atoms with E-state index in [0.717, 1.165) is 5.69 Å². The van der Waals surface area contributed by atoms with E-state index in [1.165, 1.54) is 10.9 Å². The van der Waals surface area contributed by atoms with E-state index >= 15 is 0 Å². The molecule has 1 aliphatic heterocycles. The van der Waals surface area contributed by atoms with E-state index in [4.69, 9.17) is 9.47 Å². The molecule has 7 heteroatoms. The van der Waals surface area contributed by atoms with Crippen LogP contribution in [0.3, 0.4) is 0 Å². The number of carbonyl (C=O) groups excluding carboxylic acids is 2. The smallest absolute Gasteiger partial charge is 0.420 e. The first-order valence-corrected chi connectivity index (χ1v) is 7.73. The van der Waals surface area contributed by atoms with Crippen LogP contribution in [0.5, 0.6) is 0 Å². The number of aromatic nitrogens is 2. The first-order chi connectivity index (χ1) is 10.5. The second kappa shape index (κ2) is 5.86. The lowest BCUT2D eigenvalue weighted by Crippen LogP contribution is -2.40. The lowest BCUT2D eigenvalue weighted by atomic mass is 10.1. The lowest BCUT2D eigenvalue weighted by Gasteiger charge is -2.30. The molecule has 2 rings (SSSR count). The minimum atomic E-state index is -0.564. The van der Waals surface area contributed by atoms with Crippen molar-refractivity contribution in [3.8, 4) is 0 Å². The summed E-state index contributed by atoms with van der Waals surface area (Å²) in [5.74, 6) is 0. The lowest BCUT2D eigenvalue weighted by molar-refractivity contribution is 0.0220. The summed E-state index contributed by atoms with van der Waals surface area (Å²) in [6, 6.07) is 0. The van der Waals surface area contributed by atoms with Gasteiger partial charge in [0.2, 0.25) is 0 Å². The van der Waals surface area contributed by atoms with Gasteiger partial charge in [-0.25, -0.2) is 19.1 Å². The summed E-state index contributed by atoms with van der Waals surface area (Å²) in [7, 11) is 0. The van der Waals surface area contributed by atoms with E-state index < -0.39 is 17.3 Å². The maximum atomic E-state index is 12.2. The molecule has 2 heterocycles. The molecule has 7 nitrogen and oxygen atoms in total. The van der Waals surface area contributed by atoms with Crippen LogP contribution >= 0.6 is 0 Å². The molecule has 0 saturated carbocycles. The van der Waals surface area contributed by atoms with Crippen molar-refractivity contribution in [3.05, 3.63) is 17.7 Å². The van der Waals surface area contributed by atoms with Crippen LogP contribution in [0.15, 0.2) is 6.33 Å². The molecule has 0 saturated heterocycles. The summed E-state index contributed by atoms with van der Waals surface area (Å²) in [5, 5.41) is 0. The predicted molar refractivity (Wildman–Crippen MR) is 84.2 cm³/mol. The molecule has 1 aliphatic rings. The minimum Gasteiger partial charge on any atom is -0.444 e. The number of rotatable bonds is 0. The van der Waals surface area contributed by atoms with Crippen molar-refractivity contribution in [2.75, 3.05) is 6.54 Å². The van der Waals surface area contributed by atoms with Gasteiger partial charge >= 0.3 is 12.2 Å². The normalized spacial score (nSPS) is 15.1. The molecule has 1 aromatic heterocycles. The Morgan fingerprint density at radius 3 is 2.17 bits per heavy atom. The van der Waals surface area contributed by atoms with E-state index in [0.29, 0.717) is 25.2 Å². The number of hydrogen-bond acceptors (Lipinski definition) is 5. The number of carbonyl (C=O) groups is 2. The Morgan fingerprint density at radius 2 is 1.61 bits per heavy atom. The maximum Gasteiger partial charge on any atom is 0.420 e.